The molecule has 0 N–H and O–H groups in total. The summed E-state index contributed by atoms with van der Waals surface area (Å²) < 4.78 is 0. The van der Waals surface area contributed by atoms with E-state index >= 15 is 0 Å². The van der Waals surface area contributed by atoms with E-state index in [0.29, 0.717) is 0 Å². The number of hydrogen-bond acceptors (Lipinski definition) is 1. The van der Waals surface area contributed by atoms with Gasteiger partial charge in [0.05, 0.1) is 5.69 Å². The molecule has 0 heterocycles. The lowest BCUT2D eigenvalue weighted by atomic mass is 9.43. The molecule has 0 aliphatic heterocycles. The molecule has 0 amide bonds. The van der Waals surface area contributed by atoms with Crippen LogP contribution in [0.25, 0.3) is 43.8 Å². The second-order valence-electron chi connectivity index (χ2n) is 18.4. The smallest absolute Gasteiger partial charge is 0.0543 e. The van der Waals surface area contributed by atoms with Crippen LogP contribution in [-0.4, -0.2) is 0 Å². The van der Waals surface area contributed by atoms with E-state index in [-0.39, 0.29) is 10.8 Å². The Bertz CT molecular complexity index is 2700. The number of rotatable bonds is 3. The molecule has 0 radical (unpaired) electrons. The minimum absolute atomic E-state index is 0.101. The molecular weight excluding hydrogens is 663 g/mol. The normalized spacial score (nSPS) is 26.0. The SMILES string of the molecule is c1ccc2c(c1)-c1ccc(N(c3ccc4c(ccc5ccccc54)c3)c3cccc4c3-c3ccccc3C43C4CC5CC(C4)CC3C5)cc1C21CCCCC1. The fraction of sp³-hybridized carbons (Fsp3) is 0.296. The van der Waals surface area contributed by atoms with Gasteiger partial charge in [-0.25, -0.2) is 0 Å². The third kappa shape index (κ3) is 4.05. The highest BCUT2D eigenvalue weighted by molar-refractivity contribution is 6.09. The van der Waals surface area contributed by atoms with Crippen LogP contribution in [0.15, 0.2) is 140 Å². The molecule has 7 aromatic carbocycles. The second kappa shape index (κ2) is 11.2. The van der Waals surface area contributed by atoms with Gasteiger partial charge in [0.15, 0.2) is 0 Å². The van der Waals surface area contributed by atoms with Crippen LogP contribution in [0.2, 0.25) is 0 Å². The molecule has 5 fully saturated rings. The molecule has 2 spiro atoms. The number of fused-ring (bicyclic) bond motifs is 11. The fourth-order valence-corrected chi connectivity index (χ4v) is 14.2. The zero-order valence-corrected chi connectivity index (χ0v) is 31.6. The van der Waals surface area contributed by atoms with Crippen molar-refractivity contribution in [2.45, 2.75) is 75.0 Å². The lowest BCUT2D eigenvalue weighted by Crippen LogP contribution is -2.55. The summed E-state index contributed by atoms with van der Waals surface area (Å²) in [5, 5.41) is 5.24. The third-order valence-electron chi connectivity index (χ3n) is 16.0. The van der Waals surface area contributed by atoms with E-state index < -0.39 is 0 Å². The van der Waals surface area contributed by atoms with Crippen molar-refractivity contribution in [3.05, 3.63) is 162 Å². The Balaban J connectivity index is 1.07. The highest BCUT2D eigenvalue weighted by atomic mass is 15.1. The first-order chi connectivity index (χ1) is 27.2. The van der Waals surface area contributed by atoms with E-state index in [0.717, 1.165) is 23.7 Å². The van der Waals surface area contributed by atoms with Crippen molar-refractivity contribution in [2.24, 2.45) is 23.7 Å². The molecule has 0 saturated heterocycles. The Kier molecular flexibility index (Phi) is 6.35. The number of nitrogens with zero attached hydrogens (tertiary/aromatic N) is 1. The Morgan fingerprint density at radius 3 is 1.91 bits per heavy atom. The summed E-state index contributed by atoms with van der Waals surface area (Å²) in [4.78, 5) is 2.67. The molecule has 55 heavy (non-hydrogen) atoms. The van der Waals surface area contributed by atoms with Gasteiger partial charge < -0.3 is 4.90 Å². The maximum Gasteiger partial charge on any atom is 0.0543 e. The van der Waals surface area contributed by atoms with Gasteiger partial charge in [-0.1, -0.05) is 128 Å². The first kappa shape index (κ1) is 31.1. The fourth-order valence-electron chi connectivity index (χ4n) is 14.2. The monoisotopic (exact) mass is 709 g/mol. The molecule has 0 aromatic heterocycles. The maximum absolute atomic E-state index is 2.67. The van der Waals surface area contributed by atoms with Crippen LogP contribution in [0.3, 0.4) is 0 Å². The van der Waals surface area contributed by atoms with Gasteiger partial charge in [0.1, 0.15) is 0 Å². The minimum atomic E-state index is 0.101. The van der Waals surface area contributed by atoms with Crippen LogP contribution < -0.4 is 4.90 Å². The summed E-state index contributed by atoms with van der Waals surface area (Å²) >= 11 is 0. The van der Waals surface area contributed by atoms with Gasteiger partial charge in [-0.2, -0.15) is 0 Å². The van der Waals surface area contributed by atoms with Crippen molar-refractivity contribution in [1.29, 1.82) is 0 Å². The van der Waals surface area contributed by atoms with Crippen LogP contribution in [0.5, 0.6) is 0 Å². The quantitative estimate of drug-likeness (QED) is 0.165. The van der Waals surface area contributed by atoms with Gasteiger partial charge in [0.2, 0.25) is 0 Å². The number of benzene rings is 7. The van der Waals surface area contributed by atoms with Gasteiger partial charge in [0.25, 0.3) is 0 Å². The zero-order chi connectivity index (χ0) is 35.9. The second-order valence-corrected chi connectivity index (χ2v) is 18.4. The zero-order valence-electron chi connectivity index (χ0n) is 31.6. The minimum Gasteiger partial charge on any atom is -0.310 e. The molecular formula is C54H47N. The largest absolute Gasteiger partial charge is 0.310 e. The molecule has 1 heteroatoms. The lowest BCUT2D eigenvalue weighted by Gasteiger charge is -2.61. The highest BCUT2D eigenvalue weighted by Crippen LogP contribution is 2.70. The standard InChI is InChI=1S/C54H47N/c1-8-25-53(26-9-1)47-15-6-4-13-44(47)45-24-22-41(33-50(45)53)55(40-21-23-43-37(32-40)20-19-36-11-2-3-12-42(36)43)51-18-10-17-49-52(51)46-14-5-7-16-48(46)54(49)38-28-34-27-35(30-38)31-39(54)29-34/h2-7,10-24,32-35,38-39H,1,8-9,25-31H2. The van der Waals surface area contributed by atoms with Gasteiger partial charge in [-0.3, -0.25) is 0 Å². The van der Waals surface area contributed by atoms with Crippen molar-refractivity contribution in [3.8, 4) is 22.3 Å². The van der Waals surface area contributed by atoms with Gasteiger partial charge in [-0.15, -0.1) is 0 Å². The van der Waals surface area contributed by atoms with Gasteiger partial charge >= 0.3 is 0 Å². The van der Waals surface area contributed by atoms with E-state index in [9.17, 15) is 0 Å². The van der Waals surface area contributed by atoms with E-state index in [1.165, 1.54) is 125 Å². The van der Waals surface area contributed by atoms with Crippen LogP contribution >= 0.6 is 0 Å². The third-order valence-corrected chi connectivity index (χ3v) is 16.0. The summed E-state index contributed by atoms with van der Waals surface area (Å²) in [7, 11) is 0. The van der Waals surface area contributed by atoms with E-state index in [2.05, 4.69) is 144 Å². The Hall–Kier alpha value is -5.14. The van der Waals surface area contributed by atoms with Gasteiger partial charge in [0, 0.05) is 27.8 Å². The Labute approximate surface area is 325 Å². The lowest BCUT2D eigenvalue weighted by molar-refractivity contribution is -0.0399. The van der Waals surface area contributed by atoms with Gasteiger partial charge in [-0.05, 0) is 159 Å². The predicted octanol–water partition coefficient (Wildman–Crippen LogP) is 14.4. The summed E-state index contributed by atoms with van der Waals surface area (Å²) in [6.07, 6.45) is 13.5. The van der Waals surface area contributed by atoms with Crippen molar-refractivity contribution in [1.82, 2.24) is 0 Å². The summed E-state index contributed by atoms with van der Waals surface area (Å²) in [5.41, 5.74) is 16.3. The predicted molar refractivity (Wildman–Crippen MR) is 229 cm³/mol. The molecule has 0 unspecified atom stereocenters. The average molecular weight is 710 g/mol. The molecule has 14 rings (SSSR count). The first-order valence-corrected chi connectivity index (χ1v) is 21.4. The Morgan fingerprint density at radius 2 is 1.07 bits per heavy atom. The van der Waals surface area contributed by atoms with E-state index in [1.807, 2.05) is 0 Å². The molecule has 7 aliphatic carbocycles. The van der Waals surface area contributed by atoms with Crippen LogP contribution in [0.1, 0.15) is 86.5 Å². The van der Waals surface area contributed by atoms with Crippen LogP contribution in [0, 0.1) is 23.7 Å². The molecule has 5 saturated carbocycles. The average Bonchev–Trinajstić information content (AvgIpc) is 3.67. The van der Waals surface area contributed by atoms with Crippen molar-refractivity contribution in [2.75, 3.05) is 4.90 Å². The van der Waals surface area contributed by atoms with E-state index in [4.69, 9.17) is 0 Å². The maximum atomic E-state index is 2.67. The van der Waals surface area contributed by atoms with Crippen molar-refractivity contribution < 1.29 is 0 Å². The van der Waals surface area contributed by atoms with Crippen molar-refractivity contribution >= 4 is 38.6 Å². The summed E-state index contributed by atoms with van der Waals surface area (Å²) in [6, 6.07) is 54.7. The van der Waals surface area contributed by atoms with Crippen LogP contribution in [0.4, 0.5) is 17.1 Å². The van der Waals surface area contributed by atoms with E-state index in [1.54, 1.807) is 22.3 Å². The van der Waals surface area contributed by atoms with Crippen molar-refractivity contribution in [3.63, 3.8) is 0 Å². The molecule has 1 nitrogen and oxygen atoms in total. The molecule has 7 aromatic rings. The summed E-state index contributed by atoms with van der Waals surface area (Å²) in [5.74, 6) is 3.35. The molecule has 268 valence electrons. The molecule has 0 atom stereocenters. The topological polar surface area (TPSA) is 3.24 Å². The molecule has 4 bridgehead atoms. The first-order valence-electron chi connectivity index (χ1n) is 21.4. The van der Waals surface area contributed by atoms with Crippen LogP contribution in [-0.2, 0) is 10.8 Å². The number of hydrogen-bond donors (Lipinski definition) is 0. The Morgan fingerprint density at radius 1 is 0.436 bits per heavy atom. The highest BCUT2D eigenvalue weighted by Gasteiger charge is 2.62. The summed E-state index contributed by atoms with van der Waals surface area (Å²) in [6.45, 7) is 0. The molecule has 7 aliphatic rings. The number of anilines is 3.